The maximum atomic E-state index is 5.38. The summed E-state index contributed by atoms with van der Waals surface area (Å²) in [5.41, 5.74) is 1.04. The molecule has 1 rings (SSSR count). The van der Waals surface area contributed by atoms with Crippen LogP contribution in [0, 0.1) is 0 Å². The van der Waals surface area contributed by atoms with Gasteiger partial charge in [-0.25, -0.2) is 0 Å². The van der Waals surface area contributed by atoms with E-state index in [0.29, 0.717) is 0 Å². The molecule has 13 heavy (non-hydrogen) atoms. The highest BCUT2D eigenvalue weighted by Gasteiger charge is 2.09. The van der Waals surface area contributed by atoms with Crippen LogP contribution in [0.3, 0.4) is 0 Å². The number of pyridine rings is 1. The first-order valence-corrected chi connectivity index (χ1v) is 4.82. The third-order valence-electron chi connectivity index (χ3n) is 2.12. The maximum absolute atomic E-state index is 5.38. The largest absolute Gasteiger partial charge is 0.375 e. The molecule has 0 bridgehead atoms. The average Bonchev–Trinajstić information content (AvgIpc) is 2.21. The number of unbranched alkanes of at least 4 members (excludes halogenated alkanes) is 1. The lowest BCUT2D eigenvalue weighted by Gasteiger charge is -2.13. The molecule has 0 aliphatic heterocycles. The van der Waals surface area contributed by atoms with Crippen LogP contribution in [0.5, 0.6) is 0 Å². The van der Waals surface area contributed by atoms with E-state index in [9.17, 15) is 0 Å². The highest BCUT2D eigenvalue weighted by atomic mass is 16.5. The van der Waals surface area contributed by atoms with Crippen LogP contribution in [0.15, 0.2) is 24.4 Å². The summed E-state index contributed by atoms with van der Waals surface area (Å²) in [6.07, 6.45) is 5.43. The topological polar surface area (TPSA) is 22.1 Å². The molecule has 0 N–H and O–H groups in total. The van der Waals surface area contributed by atoms with E-state index in [4.69, 9.17) is 4.74 Å². The van der Waals surface area contributed by atoms with E-state index >= 15 is 0 Å². The quantitative estimate of drug-likeness (QED) is 0.693. The minimum atomic E-state index is 0.168. The smallest absolute Gasteiger partial charge is 0.0990 e. The van der Waals surface area contributed by atoms with Crippen molar-refractivity contribution in [2.45, 2.75) is 32.3 Å². The molecule has 0 aliphatic carbocycles. The van der Waals surface area contributed by atoms with Gasteiger partial charge in [-0.15, -0.1) is 0 Å². The van der Waals surface area contributed by atoms with Crippen LogP contribution < -0.4 is 0 Å². The summed E-state index contributed by atoms with van der Waals surface area (Å²) in [6.45, 7) is 2.19. The molecule has 0 aliphatic rings. The van der Waals surface area contributed by atoms with E-state index in [0.717, 1.165) is 12.1 Å². The van der Waals surface area contributed by atoms with Gasteiger partial charge in [0.05, 0.1) is 11.8 Å². The van der Waals surface area contributed by atoms with Gasteiger partial charge in [-0.1, -0.05) is 25.8 Å². The van der Waals surface area contributed by atoms with Crippen molar-refractivity contribution >= 4 is 0 Å². The molecule has 0 spiro atoms. The Bertz CT molecular complexity index is 223. The first-order valence-electron chi connectivity index (χ1n) is 4.82. The van der Waals surface area contributed by atoms with E-state index < -0.39 is 0 Å². The van der Waals surface area contributed by atoms with Crippen molar-refractivity contribution < 1.29 is 4.74 Å². The summed E-state index contributed by atoms with van der Waals surface area (Å²) in [6, 6.07) is 5.94. The van der Waals surface area contributed by atoms with Crippen molar-refractivity contribution in [3.05, 3.63) is 30.1 Å². The molecule has 0 radical (unpaired) electrons. The SMILES string of the molecule is CCCCC(OC)c1ccccn1. The lowest BCUT2D eigenvalue weighted by atomic mass is 10.1. The monoisotopic (exact) mass is 179 g/mol. The van der Waals surface area contributed by atoms with Crippen LogP contribution in [0.2, 0.25) is 0 Å². The molecule has 1 heterocycles. The van der Waals surface area contributed by atoms with Crippen molar-refractivity contribution in [1.82, 2.24) is 4.98 Å². The van der Waals surface area contributed by atoms with E-state index in [1.54, 1.807) is 7.11 Å². The Kier molecular flexibility index (Phi) is 4.47. The first-order chi connectivity index (χ1) is 6.38. The summed E-state index contributed by atoms with van der Waals surface area (Å²) in [5, 5.41) is 0. The Hall–Kier alpha value is -0.890. The van der Waals surface area contributed by atoms with Gasteiger partial charge in [-0.05, 0) is 18.6 Å². The van der Waals surface area contributed by atoms with Gasteiger partial charge < -0.3 is 4.74 Å². The highest BCUT2D eigenvalue weighted by Crippen LogP contribution is 2.19. The van der Waals surface area contributed by atoms with Crippen molar-refractivity contribution in [3.63, 3.8) is 0 Å². The highest BCUT2D eigenvalue weighted by molar-refractivity contribution is 5.06. The second kappa shape index (κ2) is 5.70. The predicted molar refractivity (Wildman–Crippen MR) is 53.5 cm³/mol. The van der Waals surface area contributed by atoms with Gasteiger partial charge in [-0.3, -0.25) is 4.98 Å². The number of hydrogen-bond acceptors (Lipinski definition) is 2. The minimum absolute atomic E-state index is 0.168. The van der Waals surface area contributed by atoms with Crippen LogP contribution >= 0.6 is 0 Å². The molecule has 0 fully saturated rings. The number of rotatable bonds is 5. The van der Waals surface area contributed by atoms with E-state index in [1.807, 2.05) is 24.4 Å². The van der Waals surface area contributed by atoms with Gasteiger partial charge in [0, 0.05) is 13.3 Å². The molecule has 0 amide bonds. The number of hydrogen-bond donors (Lipinski definition) is 0. The molecule has 1 unspecified atom stereocenters. The summed E-state index contributed by atoms with van der Waals surface area (Å²) in [7, 11) is 1.75. The molecule has 1 atom stereocenters. The van der Waals surface area contributed by atoms with Crippen LogP contribution in [0.1, 0.15) is 38.0 Å². The van der Waals surface area contributed by atoms with Gasteiger partial charge in [0.15, 0.2) is 0 Å². The summed E-state index contributed by atoms with van der Waals surface area (Å²) in [5.74, 6) is 0. The van der Waals surface area contributed by atoms with Crippen LogP contribution in [-0.2, 0) is 4.74 Å². The Labute approximate surface area is 80.0 Å². The number of aromatic nitrogens is 1. The Morgan fingerprint density at radius 1 is 1.46 bits per heavy atom. The first kappa shape index (κ1) is 10.2. The molecule has 2 heteroatoms. The molecule has 2 nitrogen and oxygen atoms in total. The van der Waals surface area contributed by atoms with Crippen molar-refractivity contribution in [3.8, 4) is 0 Å². The third-order valence-corrected chi connectivity index (χ3v) is 2.12. The zero-order valence-electron chi connectivity index (χ0n) is 8.36. The second-order valence-electron chi connectivity index (χ2n) is 3.12. The molecule has 1 aromatic heterocycles. The summed E-state index contributed by atoms with van der Waals surface area (Å²) < 4.78 is 5.38. The number of ether oxygens (including phenoxy) is 1. The molecule has 0 aromatic carbocycles. The van der Waals surface area contributed by atoms with E-state index in [1.165, 1.54) is 12.8 Å². The Morgan fingerprint density at radius 2 is 2.31 bits per heavy atom. The second-order valence-corrected chi connectivity index (χ2v) is 3.12. The fraction of sp³-hybridized carbons (Fsp3) is 0.545. The van der Waals surface area contributed by atoms with E-state index in [-0.39, 0.29) is 6.10 Å². The summed E-state index contributed by atoms with van der Waals surface area (Å²) in [4.78, 5) is 4.28. The zero-order valence-corrected chi connectivity index (χ0v) is 8.36. The standard InChI is InChI=1S/C11H17NO/c1-3-4-8-11(13-2)10-7-5-6-9-12-10/h5-7,9,11H,3-4,8H2,1-2H3. The molecule has 0 saturated heterocycles. The average molecular weight is 179 g/mol. The molecule has 1 aromatic rings. The van der Waals surface area contributed by atoms with Gasteiger partial charge in [0.2, 0.25) is 0 Å². The predicted octanol–water partition coefficient (Wildman–Crippen LogP) is 2.96. The van der Waals surface area contributed by atoms with Gasteiger partial charge in [0.1, 0.15) is 0 Å². The number of nitrogens with zero attached hydrogens (tertiary/aromatic N) is 1. The molecular weight excluding hydrogens is 162 g/mol. The van der Waals surface area contributed by atoms with Crippen molar-refractivity contribution in [2.24, 2.45) is 0 Å². The third kappa shape index (κ3) is 3.15. The van der Waals surface area contributed by atoms with Gasteiger partial charge in [0.25, 0.3) is 0 Å². The van der Waals surface area contributed by atoms with Crippen LogP contribution in [-0.4, -0.2) is 12.1 Å². The summed E-state index contributed by atoms with van der Waals surface area (Å²) >= 11 is 0. The van der Waals surface area contributed by atoms with Crippen LogP contribution in [0.4, 0.5) is 0 Å². The zero-order chi connectivity index (χ0) is 9.52. The Balaban J connectivity index is 2.56. The fourth-order valence-corrected chi connectivity index (χ4v) is 1.34. The van der Waals surface area contributed by atoms with Gasteiger partial charge in [-0.2, -0.15) is 0 Å². The maximum Gasteiger partial charge on any atom is 0.0990 e. The molecule has 0 saturated carbocycles. The fourth-order valence-electron chi connectivity index (χ4n) is 1.34. The van der Waals surface area contributed by atoms with Crippen molar-refractivity contribution in [1.29, 1.82) is 0 Å². The van der Waals surface area contributed by atoms with E-state index in [2.05, 4.69) is 11.9 Å². The molecular formula is C11H17NO. The number of methoxy groups -OCH3 is 1. The normalized spacial score (nSPS) is 12.8. The minimum Gasteiger partial charge on any atom is -0.375 e. The van der Waals surface area contributed by atoms with Crippen molar-refractivity contribution in [2.75, 3.05) is 7.11 Å². The van der Waals surface area contributed by atoms with Gasteiger partial charge >= 0.3 is 0 Å². The molecule has 72 valence electrons. The lowest BCUT2D eigenvalue weighted by molar-refractivity contribution is 0.0901. The van der Waals surface area contributed by atoms with Crippen LogP contribution in [0.25, 0.3) is 0 Å². The Morgan fingerprint density at radius 3 is 2.85 bits per heavy atom. The lowest BCUT2D eigenvalue weighted by Crippen LogP contribution is -2.03.